The summed E-state index contributed by atoms with van der Waals surface area (Å²) in [5, 5.41) is 0. The summed E-state index contributed by atoms with van der Waals surface area (Å²) in [7, 11) is 0. The molecule has 2 rings (SSSR count). The lowest BCUT2D eigenvalue weighted by molar-refractivity contribution is -0.175. The third-order valence-corrected chi connectivity index (χ3v) is 7.75. The lowest BCUT2D eigenvalue weighted by Gasteiger charge is -2.44. The van der Waals surface area contributed by atoms with E-state index in [0.29, 0.717) is 25.2 Å². The molecule has 1 saturated carbocycles. The summed E-state index contributed by atoms with van der Waals surface area (Å²) in [6.07, 6.45) is 8.86. The van der Waals surface area contributed by atoms with Crippen LogP contribution in [-0.4, -0.2) is 39.0 Å². The number of carbonyl (C=O) groups is 4. The van der Waals surface area contributed by atoms with Gasteiger partial charge in [-0.3, -0.25) is 24.6 Å². The lowest BCUT2D eigenvalue weighted by atomic mass is 9.58. The maximum absolute atomic E-state index is 14.5. The molecular weight excluding hydrogens is 496 g/mol. The standard InChI is InChI=1S/C30H50N4O5/c1-19(2)16-22(27(37)34-31)25(28(38)39-29(5,6)7)30(18-20(3)4,13-12-21-10-8-9-11-21)24(36)17-23(35)26-32-14-15-33-26/h14-15,19-22,25H,8-13,16-18,31H2,1-7H3,(H,32,33)(H,34,37)/t22-,25-,30?/m1/s1. The minimum Gasteiger partial charge on any atom is -0.460 e. The van der Waals surface area contributed by atoms with E-state index < -0.39 is 46.9 Å². The monoisotopic (exact) mass is 546 g/mol. The van der Waals surface area contributed by atoms with Gasteiger partial charge in [0, 0.05) is 17.8 Å². The summed E-state index contributed by atoms with van der Waals surface area (Å²) in [6.45, 7) is 13.2. The van der Waals surface area contributed by atoms with Crippen molar-refractivity contribution >= 4 is 23.4 Å². The van der Waals surface area contributed by atoms with Crippen LogP contribution in [0.15, 0.2) is 12.4 Å². The number of imidazole rings is 1. The van der Waals surface area contributed by atoms with Gasteiger partial charge in [-0.05, 0) is 64.2 Å². The van der Waals surface area contributed by atoms with Gasteiger partial charge >= 0.3 is 5.97 Å². The van der Waals surface area contributed by atoms with Crippen LogP contribution in [0.4, 0.5) is 0 Å². The number of nitrogens with two attached hydrogens (primary N) is 1. The van der Waals surface area contributed by atoms with Crippen LogP contribution in [0.5, 0.6) is 0 Å². The van der Waals surface area contributed by atoms with Gasteiger partial charge in [0.1, 0.15) is 11.4 Å². The Labute approximate surface area is 233 Å². The molecule has 0 aliphatic heterocycles. The molecule has 1 fully saturated rings. The number of Topliss-reactive ketones (excluding diaryl/α,β-unsaturated/α-hetero) is 2. The van der Waals surface area contributed by atoms with Gasteiger partial charge in [0.15, 0.2) is 5.82 Å². The molecule has 3 atom stereocenters. The van der Waals surface area contributed by atoms with Crippen molar-refractivity contribution in [1.82, 2.24) is 15.4 Å². The van der Waals surface area contributed by atoms with E-state index in [4.69, 9.17) is 10.6 Å². The van der Waals surface area contributed by atoms with E-state index in [1.165, 1.54) is 12.4 Å². The van der Waals surface area contributed by atoms with Crippen LogP contribution in [0.3, 0.4) is 0 Å². The number of nitrogens with zero attached hydrogens (tertiary/aromatic N) is 1. The molecule has 0 saturated heterocycles. The number of carbonyl (C=O) groups excluding carboxylic acids is 4. The lowest BCUT2D eigenvalue weighted by Crippen LogP contribution is -2.54. The number of aromatic nitrogens is 2. The molecule has 0 bridgehead atoms. The molecule has 1 unspecified atom stereocenters. The Bertz CT molecular complexity index is 960. The molecule has 39 heavy (non-hydrogen) atoms. The number of esters is 1. The maximum Gasteiger partial charge on any atom is 0.311 e. The van der Waals surface area contributed by atoms with Crippen LogP contribution < -0.4 is 11.3 Å². The van der Waals surface area contributed by atoms with Crippen LogP contribution in [0.2, 0.25) is 0 Å². The van der Waals surface area contributed by atoms with Crippen molar-refractivity contribution in [2.24, 2.45) is 40.8 Å². The van der Waals surface area contributed by atoms with Gasteiger partial charge in [0.25, 0.3) is 0 Å². The van der Waals surface area contributed by atoms with E-state index in [-0.39, 0.29) is 23.4 Å². The third kappa shape index (κ3) is 9.26. The highest BCUT2D eigenvalue weighted by atomic mass is 16.6. The highest BCUT2D eigenvalue weighted by Gasteiger charge is 2.55. The molecule has 9 heteroatoms. The minimum atomic E-state index is -1.28. The molecule has 0 aromatic carbocycles. The van der Waals surface area contributed by atoms with Crippen molar-refractivity contribution < 1.29 is 23.9 Å². The molecule has 1 aromatic heterocycles. The summed E-state index contributed by atoms with van der Waals surface area (Å²) < 4.78 is 5.93. The van der Waals surface area contributed by atoms with E-state index in [1.807, 2.05) is 27.7 Å². The van der Waals surface area contributed by atoms with Gasteiger partial charge in [-0.15, -0.1) is 0 Å². The van der Waals surface area contributed by atoms with Crippen LogP contribution in [0.25, 0.3) is 0 Å². The number of H-pyrrole nitrogens is 1. The predicted octanol–water partition coefficient (Wildman–Crippen LogP) is 5.16. The van der Waals surface area contributed by atoms with Crippen molar-refractivity contribution in [3.05, 3.63) is 18.2 Å². The summed E-state index contributed by atoms with van der Waals surface area (Å²) >= 11 is 0. The first-order valence-electron chi connectivity index (χ1n) is 14.5. The number of ketones is 2. The van der Waals surface area contributed by atoms with Crippen molar-refractivity contribution in [1.29, 1.82) is 0 Å². The van der Waals surface area contributed by atoms with E-state index in [2.05, 4.69) is 15.4 Å². The number of amides is 1. The number of hydrazine groups is 1. The largest absolute Gasteiger partial charge is 0.460 e. The first kappa shape index (κ1) is 32.7. The summed E-state index contributed by atoms with van der Waals surface area (Å²) in [5.41, 5.74) is 0.135. The van der Waals surface area contributed by atoms with Crippen molar-refractivity contribution in [2.75, 3.05) is 0 Å². The second-order valence-electron chi connectivity index (χ2n) is 13.2. The number of ether oxygens (including phenoxy) is 1. The van der Waals surface area contributed by atoms with E-state index in [1.54, 1.807) is 20.8 Å². The van der Waals surface area contributed by atoms with E-state index >= 15 is 0 Å². The van der Waals surface area contributed by atoms with Gasteiger partial charge in [-0.2, -0.15) is 0 Å². The average Bonchev–Trinajstić information content (AvgIpc) is 3.54. The topological polar surface area (TPSA) is 144 Å². The van der Waals surface area contributed by atoms with Crippen LogP contribution in [0, 0.1) is 35.0 Å². The van der Waals surface area contributed by atoms with Crippen LogP contribution in [0.1, 0.15) is 117 Å². The molecule has 9 nitrogen and oxygen atoms in total. The highest BCUT2D eigenvalue weighted by molar-refractivity contribution is 6.09. The third-order valence-electron chi connectivity index (χ3n) is 7.75. The molecule has 0 radical (unpaired) electrons. The number of rotatable bonds is 15. The second kappa shape index (κ2) is 14.2. The van der Waals surface area contributed by atoms with E-state index in [9.17, 15) is 19.2 Å². The average molecular weight is 547 g/mol. The van der Waals surface area contributed by atoms with Gasteiger partial charge in [0.2, 0.25) is 11.7 Å². The van der Waals surface area contributed by atoms with Gasteiger partial charge < -0.3 is 9.72 Å². The summed E-state index contributed by atoms with van der Waals surface area (Å²) in [4.78, 5) is 61.9. The molecule has 1 heterocycles. The maximum atomic E-state index is 14.5. The molecular formula is C30H50N4O5. The predicted molar refractivity (Wildman–Crippen MR) is 150 cm³/mol. The molecule has 220 valence electrons. The summed E-state index contributed by atoms with van der Waals surface area (Å²) in [6, 6.07) is 0. The van der Waals surface area contributed by atoms with Crippen LogP contribution >= 0.6 is 0 Å². The van der Waals surface area contributed by atoms with Crippen LogP contribution in [-0.2, 0) is 19.1 Å². The minimum absolute atomic E-state index is 0.0156. The molecule has 0 spiro atoms. The first-order valence-corrected chi connectivity index (χ1v) is 14.5. The highest BCUT2D eigenvalue weighted by Crippen LogP contribution is 2.49. The Morgan fingerprint density at radius 2 is 1.74 bits per heavy atom. The number of hydrogen-bond acceptors (Lipinski definition) is 7. The zero-order valence-electron chi connectivity index (χ0n) is 25.0. The Morgan fingerprint density at radius 1 is 1.10 bits per heavy atom. The molecule has 1 aliphatic rings. The van der Waals surface area contributed by atoms with Gasteiger partial charge in [0.05, 0.1) is 18.3 Å². The van der Waals surface area contributed by atoms with Gasteiger partial charge in [-0.1, -0.05) is 53.4 Å². The first-order chi connectivity index (χ1) is 18.2. The Balaban J connectivity index is 2.73. The zero-order valence-corrected chi connectivity index (χ0v) is 25.0. The van der Waals surface area contributed by atoms with Crippen molar-refractivity contribution in [3.63, 3.8) is 0 Å². The normalized spacial score (nSPS) is 17.6. The van der Waals surface area contributed by atoms with Gasteiger partial charge in [-0.25, -0.2) is 10.8 Å². The number of aromatic amines is 1. The molecule has 1 aromatic rings. The SMILES string of the molecule is CC(C)C[C@@H](C(=O)NN)[C@H](C(=O)OC(C)(C)C)C(CCC1CCCC1)(CC(C)C)C(=O)CC(=O)c1ncc[nH]1. The number of hydrogen-bond donors (Lipinski definition) is 3. The Morgan fingerprint density at radius 3 is 2.23 bits per heavy atom. The molecule has 4 N–H and O–H groups in total. The Hall–Kier alpha value is -2.55. The quantitative estimate of drug-likeness (QED) is 0.0688. The fraction of sp³-hybridized carbons (Fsp3) is 0.767. The zero-order chi connectivity index (χ0) is 29.4. The molecule has 1 amide bonds. The molecule has 1 aliphatic carbocycles. The smallest absolute Gasteiger partial charge is 0.311 e. The number of nitrogens with one attached hydrogen (secondary N) is 2. The fourth-order valence-corrected chi connectivity index (χ4v) is 6.27. The van der Waals surface area contributed by atoms with Crippen molar-refractivity contribution in [3.8, 4) is 0 Å². The summed E-state index contributed by atoms with van der Waals surface area (Å²) in [5.74, 6) is 2.39. The Kier molecular flexibility index (Phi) is 11.9. The second-order valence-corrected chi connectivity index (χ2v) is 13.2. The fourth-order valence-electron chi connectivity index (χ4n) is 6.27. The van der Waals surface area contributed by atoms with Crippen molar-refractivity contribution in [2.45, 2.75) is 112 Å². The van der Waals surface area contributed by atoms with E-state index in [0.717, 1.165) is 32.1 Å².